The van der Waals surface area contributed by atoms with Crippen molar-refractivity contribution in [3.63, 3.8) is 0 Å². The third-order valence-electron chi connectivity index (χ3n) is 4.09. The zero-order valence-electron chi connectivity index (χ0n) is 14.5. The molecule has 124 valence electrons. The minimum atomic E-state index is -2.06. The number of hydrogen-bond acceptors (Lipinski definition) is 4. The highest BCUT2D eigenvalue weighted by molar-refractivity contribution is 6.74. The Morgan fingerprint density at radius 1 is 1.18 bits per heavy atom. The highest BCUT2D eigenvalue weighted by atomic mass is 28.4. The summed E-state index contributed by atoms with van der Waals surface area (Å²) in [4.78, 5) is 12.0. The summed E-state index contributed by atoms with van der Waals surface area (Å²) in [6.07, 6.45) is -0.672. The molecule has 5 heteroatoms. The van der Waals surface area contributed by atoms with Crippen molar-refractivity contribution in [1.29, 1.82) is 0 Å². The second-order valence-corrected chi connectivity index (χ2v) is 11.6. The van der Waals surface area contributed by atoms with Crippen LogP contribution in [0.25, 0.3) is 0 Å². The smallest absolute Gasteiger partial charge is 0.336 e. The van der Waals surface area contributed by atoms with Crippen molar-refractivity contribution in [3.8, 4) is 0 Å². The normalized spacial score (nSPS) is 13.7. The minimum absolute atomic E-state index is 0.0265. The minimum Gasteiger partial charge on any atom is -0.467 e. The van der Waals surface area contributed by atoms with Crippen LogP contribution in [0.3, 0.4) is 0 Å². The van der Waals surface area contributed by atoms with E-state index in [1.807, 2.05) is 30.3 Å². The summed E-state index contributed by atoms with van der Waals surface area (Å²) in [7, 11) is -0.681. The van der Waals surface area contributed by atoms with E-state index in [1.165, 1.54) is 7.11 Å². The molecule has 0 radical (unpaired) electrons. The average molecular weight is 324 g/mol. The van der Waals surface area contributed by atoms with E-state index in [9.17, 15) is 4.79 Å². The van der Waals surface area contributed by atoms with Crippen LogP contribution in [0.15, 0.2) is 30.3 Å². The zero-order valence-corrected chi connectivity index (χ0v) is 15.5. The van der Waals surface area contributed by atoms with Crippen LogP contribution in [0.4, 0.5) is 0 Å². The van der Waals surface area contributed by atoms with E-state index in [4.69, 9.17) is 13.9 Å². The van der Waals surface area contributed by atoms with Gasteiger partial charge in [0.1, 0.15) is 0 Å². The third kappa shape index (κ3) is 5.55. The summed E-state index contributed by atoms with van der Waals surface area (Å²) in [6, 6.07) is 9.86. The summed E-state index contributed by atoms with van der Waals surface area (Å²) >= 11 is 0. The third-order valence-corrected chi connectivity index (χ3v) is 8.57. The van der Waals surface area contributed by atoms with Crippen molar-refractivity contribution in [2.75, 3.05) is 13.7 Å². The van der Waals surface area contributed by atoms with Crippen LogP contribution in [0, 0.1) is 0 Å². The number of rotatable bonds is 7. The summed E-state index contributed by atoms with van der Waals surface area (Å²) in [5.74, 6) is -0.377. The lowest BCUT2D eigenvalue weighted by Gasteiger charge is -2.38. The Morgan fingerprint density at radius 2 is 1.77 bits per heavy atom. The van der Waals surface area contributed by atoms with E-state index in [2.05, 4.69) is 33.9 Å². The van der Waals surface area contributed by atoms with Gasteiger partial charge in [-0.3, -0.25) is 0 Å². The zero-order chi connectivity index (χ0) is 16.8. The molecule has 0 saturated heterocycles. The molecule has 0 aromatic heterocycles. The Morgan fingerprint density at radius 3 is 2.27 bits per heavy atom. The number of carbonyl (C=O) groups is 1. The van der Waals surface area contributed by atoms with Gasteiger partial charge in [-0.05, 0) is 23.7 Å². The Labute approximate surface area is 134 Å². The first-order valence-electron chi connectivity index (χ1n) is 7.54. The predicted octanol–water partition coefficient (Wildman–Crippen LogP) is 3.77. The van der Waals surface area contributed by atoms with Crippen LogP contribution in [0.1, 0.15) is 26.3 Å². The monoisotopic (exact) mass is 324 g/mol. The molecule has 0 aliphatic rings. The van der Waals surface area contributed by atoms with Crippen molar-refractivity contribution < 1.29 is 18.7 Å². The van der Waals surface area contributed by atoms with Gasteiger partial charge in [0.2, 0.25) is 0 Å². The van der Waals surface area contributed by atoms with Gasteiger partial charge in [-0.1, -0.05) is 51.1 Å². The summed E-state index contributed by atoms with van der Waals surface area (Å²) in [5.41, 5.74) is 1.07. The number of carbonyl (C=O) groups excluding carboxylic acids is 1. The Kier molecular flexibility index (Phi) is 6.78. The molecule has 0 spiro atoms. The molecular weight excluding hydrogens is 296 g/mol. The molecule has 0 amide bonds. The van der Waals surface area contributed by atoms with Gasteiger partial charge in [0, 0.05) is 0 Å². The second-order valence-electron chi connectivity index (χ2n) is 6.89. The van der Waals surface area contributed by atoms with Gasteiger partial charge in [-0.2, -0.15) is 0 Å². The molecular formula is C17H28O4Si. The molecule has 0 aliphatic carbocycles. The number of benzene rings is 1. The average Bonchev–Trinajstić information content (AvgIpc) is 2.45. The van der Waals surface area contributed by atoms with Gasteiger partial charge in [-0.25, -0.2) is 4.79 Å². The fraction of sp³-hybridized carbons (Fsp3) is 0.588. The molecule has 1 rings (SSSR count). The summed E-state index contributed by atoms with van der Waals surface area (Å²) in [5, 5.41) is 0.0265. The van der Waals surface area contributed by atoms with Crippen molar-refractivity contribution in [3.05, 3.63) is 35.9 Å². The molecule has 0 saturated carbocycles. The fourth-order valence-corrected chi connectivity index (χ4v) is 2.90. The Balaban J connectivity index is 2.64. The largest absolute Gasteiger partial charge is 0.467 e. The molecule has 0 N–H and O–H groups in total. The number of ether oxygens (including phenoxy) is 2. The number of esters is 1. The molecule has 4 nitrogen and oxygen atoms in total. The van der Waals surface area contributed by atoms with Crippen molar-refractivity contribution >= 4 is 14.3 Å². The fourth-order valence-electron chi connectivity index (χ4n) is 1.67. The van der Waals surface area contributed by atoms with Crippen molar-refractivity contribution in [2.45, 2.75) is 51.6 Å². The SMILES string of the molecule is COC(=O)[C@H](COCc1ccccc1)O[Si](C)(C)C(C)(C)C. The maximum absolute atomic E-state index is 12.0. The lowest BCUT2D eigenvalue weighted by molar-refractivity contribution is -0.152. The van der Waals surface area contributed by atoms with Gasteiger partial charge in [0.05, 0.1) is 20.3 Å². The van der Waals surface area contributed by atoms with Crippen molar-refractivity contribution in [2.24, 2.45) is 0 Å². The van der Waals surface area contributed by atoms with E-state index < -0.39 is 14.4 Å². The number of methoxy groups -OCH3 is 1. The van der Waals surface area contributed by atoms with E-state index in [1.54, 1.807) is 0 Å². The van der Waals surface area contributed by atoms with Gasteiger partial charge in [0.25, 0.3) is 0 Å². The lowest BCUT2D eigenvalue weighted by Crippen LogP contribution is -2.47. The van der Waals surface area contributed by atoms with Crippen LogP contribution in [0.2, 0.25) is 18.1 Å². The van der Waals surface area contributed by atoms with Gasteiger partial charge >= 0.3 is 5.97 Å². The lowest BCUT2D eigenvalue weighted by atomic mass is 10.2. The highest BCUT2D eigenvalue weighted by Gasteiger charge is 2.41. The van der Waals surface area contributed by atoms with Gasteiger partial charge < -0.3 is 13.9 Å². The molecule has 0 bridgehead atoms. The molecule has 22 heavy (non-hydrogen) atoms. The Hall–Kier alpha value is -1.17. The van der Waals surface area contributed by atoms with E-state index in [0.29, 0.717) is 6.61 Å². The molecule has 0 unspecified atom stereocenters. The van der Waals surface area contributed by atoms with Crippen LogP contribution in [0.5, 0.6) is 0 Å². The number of hydrogen-bond donors (Lipinski definition) is 0. The van der Waals surface area contributed by atoms with E-state index >= 15 is 0 Å². The van der Waals surface area contributed by atoms with Gasteiger partial charge in [-0.15, -0.1) is 0 Å². The van der Waals surface area contributed by atoms with Crippen LogP contribution in [-0.4, -0.2) is 34.1 Å². The maximum atomic E-state index is 12.0. The Bertz CT molecular complexity index is 465. The molecule has 0 aliphatic heterocycles. The molecule has 1 aromatic carbocycles. The second kappa shape index (κ2) is 7.90. The van der Waals surface area contributed by atoms with Crippen LogP contribution >= 0.6 is 0 Å². The van der Waals surface area contributed by atoms with E-state index in [-0.39, 0.29) is 17.6 Å². The first-order valence-corrected chi connectivity index (χ1v) is 10.5. The van der Waals surface area contributed by atoms with E-state index in [0.717, 1.165) is 5.56 Å². The summed E-state index contributed by atoms with van der Waals surface area (Å²) < 4.78 is 16.6. The maximum Gasteiger partial charge on any atom is 0.336 e. The standard InChI is InChI=1S/C17H28O4Si/c1-17(2,3)22(5,6)21-15(16(18)19-4)13-20-12-14-10-8-7-9-11-14/h7-11,15H,12-13H2,1-6H3/t15-/m0/s1. The first-order chi connectivity index (χ1) is 10.2. The molecule has 1 atom stereocenters. The molecule has 0 fully saturated rings. The van der Waals surface area contributed by atoms with Crippen molar-refractivity contribution in [1.82, 2.24) is 0 Å². The predicted molar refractivity (Wildman–Crippen MR) is 90.2 cm³/mol. The summed E-state index contributed by atoms with van der Waals surface area (Å²) in [6.45, 7) is 11.3. The van der Waals surface area contributed by atoms with Crippen LogP contribution in [-0.2, 0) is 25.3 Å². The topological polar surface area (TPSA) is 44.8 Å². The highest BCUT2D eigenvalue weighted by Crippen LogP contribution is 2.37. The quantitative estimate of drug-likeness (QED) is 0.566. The first kappa shape index (κ1) is 18.9. The van der Waals surface area contributed by atoms with Gasteiger partial charge in [0.15, 0.2) is 14.4 Å². The molecule has 0 heterocycles. The molecule has 1 aromatic rings. The van der Waals surface area contributed by atoms with Crippen LogP contribution < -0.4 is 0 Å².